The lowest BCUT2D eigenvalue weighted by atomic mass is 9.93. The van der Waals surface area contributed by atoms with Crippen molar-refractivity contribution in [2.75, 3.05) is 13.1 Å². The highest BCUT2D eigenvalue weighted by molar-refractivity contribution is 6.10. The minimum Gasteiger partial charge on any atom is -0.326 e. The van der Waals surface area contributed by atoms with E-state index in [0.29, 0.717) is 13.1 Å². The van der Waals surface area contributed by atoms with E-state index in [-0.39, 0.29) is 5.92 Å². The van der Waals surface area contributed by atoms with Crippen LogP contribution in [0, 0.1) is 0 Å². The first-order valence-electron chi connectivity index (χ1n) is 16.5. The van der Waals surface area contributed by atoms with Gasteiger partial charge in [0.15, 0.2) is 0 Å². The van der Waals surface area contributed by atoms with Crippen LogP contribution in [0.2, 0.25) is 0 Å². The first kappa shape index (κ1) is 33.2. The van der Waals surface area contributed by atoms with Gasteiger partial charge in [0.25, 0.3) is 0 Å². The van der Waals surface area contributed by atoms with Gasteiger partial charge in [0.05, 0.1) is 17.6 Å². The van der Waals surface area contributed by atoms with Crippen LogP contribution in [0.15, 0.2) is 169 Å². The molecule has 2 heterocycles. The fraction of sp³-hybridized carbons (Fsp3) is 0.186. The van der Waals surface area contributed by atoms with Crippen LogP contribution >= 0.6 is 0 Å². The molecule has 2 aromatic heterocycles. The lowest BCUT2D eigenvalue weighted by Gasteiger charge is -2.14. The third-order valence-corrected chi connectivity index (χ3v) is 8.31. The van der Waals surface area contributed by atoms with Crippen LogP contribution < -0.4 is 5.73 Å². The largest absolute Gasteiger partial charge is 0.326 e. The Labute approximate surface area is 279 Å². The number of allylic oxidation sites excluding steroid dienone is 11. The van der Waals surface area contributed by atoms with Gasteiger partial charge < -0.3 is 5.73 Å². The van der Waals surface area contributed by atoms with Gasteiger partial charge in [-0.05, 0) is 89.9 Å². The molecule has 4 nitrogen and oxygen atoms in total. The predicted molar refractivity (Wildman–Crippen MR) is 203 cm³/mol. The molecule has 1 aliphatic carbocycles. The molecule has 0 spiro atoms. The summed E-state index contributed by atoms with van der Waals surface area (Å²) in [5, 5.41) is 2.19. The first-order valence-corrected chi connectivity index (χ1v) is 16.5. The summed E-state index contributed by atoms with van der Waals surface area (Å²) in [7, 11) is 0. The van der Waals surface area contributed by atoms with Gasteiger partial charge in [-0.25, -0.2) is 0 Å². The minimum absolute atomic E-state index is 0.158. The highest BCUT2D eigenvalue weighted by atomic mass is 14.7. The first-order chi connectivity index (χ1) is 23.2. The van der Waals surface area contributed by atoms with Crippen molar-refractivity contribution in [3.05, 3.63) is 169 Å². The summed E-state index contributed by atoms with van der Waals surface area (Å²) in [5.41, 5.74) is 15.1. The van der Waals surface area contributed by atoms with E-state index < -0.39 is 0 Å². The van der Waals surface area contributed by atoms with E-state index >= 15 is 0 Å². The molecule has 0 amide bonds. The molecule has 0 saturated carbocycles. The van der Waals surface area contributed by atoms with Crippen LogP contribution in [0.4, 0.5) is 0 Å². The van der Waals surface area contributed by atoms with Crippen LogP contribution in [0.25, 0.3) is 32.9 Å². The highest BCUT2D eigenvalue weighted by Crippen LogP contribution is 2.34. The molecule has 5 rings (SSSR count). The van der Waals surface area contributed by atoms with Crippen molar-refractivity contribution in [2.45, 2.75) is 38.0 Å². The molecule has 2 aromatic carbocycles. The Hall–Kier alpha value is -5.19. The zero-order chi connectivity index (χ0) is 32.7. The maximum Gasteiger partial charge on any atom is 0.0970 e. The van der Waals surface area contributed by atoms with Crippen molar-refractivity contribution in [2.24, 2.45) is 10.7 Å². The summed E-state index contributed by atoms with van der Waals surface area (Å²) < 4.78 is 0. The maximum atomic E-state index is 6.16. The molecule has 4 aromatic rings. The van der Waals surface area contributed by atoms with Gasteiger partial charge in [-0.2, -0.15) is 0 Å². The van der Waals surface area contributed by atoms with Crippen molar-refractivity contribution in [1.82, 2.24) is 9.97 Å². The number of rotatable bonds is 15. The van der Waals surface area contributed by atoms with Crippen LogP contribution in [0.5, 0.6) is 0 Å². The Morgan fingerprint density at radius 2 is 1.87 bits per heavy atom. The number of fused-ring (bicyclic) bond motifs is 3. The van der Waals surface area contributed by atoms with Crippen molar-refractivity contribution >= 4 is 28.0 Å². The zero-order valence-electron chi connectivity index (χ0n) is 27.1. The van der Waals surface area contributed by atoms with E-state index in [9.17, 15) is 0 Å². The van der Waals surface area contributed by atoms with E-state index in [1.165, 1.54) is 16.7 Å². The maximum absolute atomic E-state index is 6.16. The number of aromatic nitrogens is 2. The Kier molecular flexibility index (Phi) is 12.3. The smallest absolute Gasteiger partial charge is 0.0970 e. The molecule has 0 aliphatic heterocycles. The van der Waals surface area contributed by atoms with Crippen LogP contribution in [-0.2, 0) is 0 Å². The standard InChI is InChI=1S/C43H44N4/c1-3-5-18-35(37(31-44)25-24-33-16-8-6-9-17-33)22-13-27-45-26-12-21-34(15-4-2)39-29-38-30-41(36-19-10-7-11-20-36)40-23-14-28-46-43(40)42(38)47-32-39/h3-5,7-8,10-12,14,16-21,23-25,27-30,32,34H,1-2,6,9,13,15,22,26,31,44H2/b18-5-,21-12+,25-24-,37-35-,45-27+. The third kappa shape index (κ3) is 8.96. The number of hydrogen-bond donors (Lipinski definition) is 1. The Bertz CT molecular complexity index is 1900. The van der Waals surface area contributed by atoms with E-state index in [4.69, 9.17) is 15.7 Å². The number of benzene rings is 2. The Balaban J connectivity index is 1.28. The lowest BCUT2D eigenvalue weighted by molar-refractivity contribution is 0.857. The number of nitrogens with zero attached hydrogens (tertiary/aromatic N) is 3. The lowest BCUT2D eigenvalue weighted by Crippen LogP contribution is -2.04. The van der Waals surface area contributed by atoms with Gasteiger partial charge in [0.2, 0.25) is 0 Å². The second kappa shape index (κ2) is 17.5. The SMILES string of the molecule is C=C\C=C/C(CC/C=N/C/C=C/C(CC=C)c1cnc2c(c1)cc(-c1ccccc1)c1cccnc12)=C(\C=C/C1=CCCC=C1)CN. The molecule has 236 valence electrons. The van der Waals surface area contributed by atoms with Crippen molar-refractivity contribution in [3.8, 4) is 11.1 Å². The van der Waals surface area contributed by atoms with Crippen molar-refractivity contribution in [1.29, 1.82) is 0 Å². The molecule has 0 bridgehead atoms. The normalized spacial score (nSPS) is 14.9. The van der Waals surface area contributed by atoms with Gasteiger partial charge in [-0.1, -0.05) is 110 Å². The van der Waals surface area contributed by atoms with Crippen molar-refractivity contribution in [3.63, 3.8) is 0 Å². The molecule has 0 radical (unpaired) electrons. The molecule has 0 fully saturated rings. The second-order valence-electron chi connectivity index (χ2n) is 11.5. The summed E-state index contributed by atoms with van der Waals surface area (Å²) in [6.07, 6.45) is 33.7. The molecule has 47 heavy (non-hydrogen) atoms. The topological polar surface area (TPSA) is 64.2 Å². The Morgan fingerprint density at radius 1 is 0.979 bits per heavy atom. The van der Waals surface area contributed by atoms with E-state index in [1.54, 1.807) is 6.08 Å². The van der Waals surface area contributed by atoms with Gasteiger partial charge >= 0.3 is 0 Å². The highest BCUT2D eigenvalue weighted by Gasteiger charge is 2.13. The van der Waals surface area contributed by atoms with Gasteiger partial charge in [0, 0.05) is 35.6 Å². The van der Waals surface area contributed by atoms with Crippen LogP contribution in [0.1, 0.15) is 43.6 Å². The molecular formula is C43H44N4. The molecular weight excluding hydrogens is 573 g/mol. The van der Waals surface area contributed by atoms with Gasteiger partial charge in [-0.15, -0.1) is 6.58 Å². The number of hydrogen-bond acceptors (Lipinski definition) is 4. The number of nitrogens with two attached hydrogens (primary N) is 1. The van der Waals surface area contributed by atoms with Crippen molar-refractivity contribution < 1.29 is 0 Å². The second-order valence-corrected chi connectivity index (χ2v) is 11.5. The predicted octanol–water partition coefficient (Wildman–Crippen LogP) is 10.3. The zero-order valence-corrected chi connectivity index (χ0v) is 27.1. The Morgan fingerprint density at radius 3 is 2.66 bits per heavy atom. The molecule has 4 heteroatoms. The number of pyridine rings is 2. The van der Waals surface area contributed by atoms with Crippen LogP contribution in [0.3, 0.4) is 0 Å². The summed E-state index contributed by atoms with van der Waals surface area (Å²) in [4.78, 5) is 14.3. The van der Waals surface area contributed by atoms with E-state index in [2.05, 4.69) is 109 Å². The average molecular weight is 617 g/mol. The van der Waals surface area contributed by atoms with Crippen LogP contribution in [-0.4, -0.2) is 29.3 Å². The molecule has 1 aliphatic rings. The monoisotopic (exact) mass is 616 g/mol. The summed E-state index contributed by atoms with van der Waals surface area (Å²) in [5.74, 6) is 0.158. The van der Waals surface area contributed by atoms with E-state index in [1.807, 2.05) is 42.9 Å². The average Bonchev–Trinajstić information content (AvgIpc) is 3.13. The summed E-state index contributed by atoms with van der Waals surface area (Å²) in [6, 6.07) is 19.1. The molecule has 0 saturated heterocycles. The fourth-order valence-corrected chi connectivity index (χ4v) is 5.88. The van der Waals surface area contributed by atoms with Gasteiger partial charge in [-0.3, -0.25) is 15.0 Å². The number of aliphatic imine (C=N–C) groups is 1. The minimum atomic E-state index is 0.158. The quantitative estimate of drug-likeness (QED) is 0.0625. The summed E-state index contributed by atoms with van der Waals surface area (Å²) >= 11 is 0. The van der Waals surface area contributed by atoms with E-state index in [0.717, 1.165) is 70.6 Å². The van der Waals surface area contributed by atoms with Gasteiger partial charge in [0.1, 0.15) is 0 Å². The molecule has 2 N–H and O–H groups in total. The molecule has 1 atom stereocenters. The fourth-order valence-electron chi connectivity index (χ4n) is 5.88. The molecule has 1 unspecified atom stereocenters. The third-order valence-electron chi connectivity index (χ3n) is 8.31. The summed E-state index contributed by atoms with van der Waals surface area (Å²) in [6.45, 7) is 8.96.